The van der Waals surface area contributed by atoms with Crippen LogP contribution in [0.2, 0.25) is 0 Å². The molecule has 2 aromatic carbocycles. The van der Waals surface area contributed by atoms with Crippen molar-refractivity contribution in [2.45, 2.75) is 13.8 Å². The summed E-state index contributed by atoms with van der Waals surface area (Å²) in [6.07, 6.45) is 0. The number of nitrogens with zero attached hydrogens (tertiary/aromatic N) is 2. The third-order valence-corrected chi connectivity index (χ3v) is 4.59. The standard InChI is InChI=1S/C21H22N2O5/c1-3-22(4-2)13-14-27-16-11-9-15(10-12-16)21(26)28-23-19(24)17-7-5-6-8-18(17)20(23)25/h5-12H,3-4,13-14H2,1-2H3. The molecule has 3 rings (SSSR count). The van der Waals surface area contributed by atoms with Crippen LogP contribution in [0.15, 0.2) is 48.5 Å². The normalized spacial score (nSPS) is 13.0. The fourth-order valence-electron chi connectivity index (χ4n) is 2.91. The molecule has 2 aromatic rings. The van der Waals surface area contributed by atoms with E-state index in [-0.39, 0.29) is 16.7 Å². The minimum absolute atomic E-state index is 0.215. The quantitative estimate of drug-likeness (QED) is 0.654. The molecule has 7 heteroatoms. The van der Waals surface area contributed by atoms with Gasteiger partial charge in [0, 0.05) is 6.54 Å². The van der Waals surface area contributed by atoms with E-state index < -0.39 is 17.8 Å². The third-order valence-electron chi connectivity index (χ3n) is 4.59. The van der Waals surface area contributed by atoms with Crippen LogP contribution in [0.25, 0.3) is 0 Å². The van der Waals surface area contributed by atoms with E-state index in [2.05, 4.69) is 18.7 Å². The van der Waals surface area contributed by atoms with Gasteiger partial charge in [-0.1, -0.05) is 31.0 Å². The van der Waals surface area contributed by atoms with Crippen LogP contribution in [0.4, 0.5) is 0 Å². The van der Waals surface area contributed by atoms with Crippen LogP contribution in [0.1, 0.15) is 44.9 Å². The summed E-state index contributed by atoms with van der Waals surface area (Å²) in [4.78, 5) is 44.1. The smallest absolute Gasteiger partial charge is 0.363 e. The number of carbonyl (C=O) groups is 3. The summed E-state index contributed by atoms with van der Waals surface area (Å²) in [6.45, 7) is 7.47. The van der Waals surface area contributed by atoms with Gasteiger partial charge in [0.15, 0.2) is 0 Å². The van der Waals surface area contributed by atoms with E-state index in [1.807, 2.05) is 0 Å². The van der Waals surface area contributed by atoms with Gasteiger partial charge in [-0.15, -0.1) is 0 Å². The first-order valence-electron chi connectivity index (χ1n) is 9.20. The number of imide groups is 1. The highest BCUT2D eigenvalue weighted by molar-refractivity contribution is 6.21. The third kappa shape index (κ3) is 4.04. The van der Waals surface area contributed by atoms with Gasteiger partial charge in [0.2, 0.25) is 0 Å². The summed E-state index contributed by atoms with van der Waals surface area (Å²) in [5.74, 6) is -1.45. The number of hydroxylamine groups is 2. The number of ether oxygens (including phenoxy) is 1. The molecule has 0 fully saturated rings. The van der Waals surface area contributed by atoms with Crippen LogP contribution in [0.5, 0.6) is 5.75 Å². The first-order chi connectivity index (χ1) is 13.5. The Bertz CT molecular complexity index is 840. The van der Waals surface area contributed by atoms with Crippen molar-refractivity contribution >= 4 is 17.8 Å². The number of benzene rings is 2. The Morgan fingerprint density at radius 1 is 0.929 bits per heavy atom. The van der Waals surface area contributed by atoms with Gasteiger partial charge in [-0.2, -0.15) is 0 Å². The van der Waals surface area contributed by atoms with Crippen molar-refractivity contribution in [2.75, 3.05) is 26.2 Å². The predicted octanol–water partition coefficient (Wildman–Crippen LogP) is 2.78. The highest BCUT2D eigenvalue weighted by Gasteiger charge is 2.38. The molecule has 2 amide bonds. The van der Waals surface area contributed by atoms with Gasteiger partial charge >= 0.3 is 5.97 Å². The van der Waals surface area contributed by atoms with Crippen molar-refractivity contribution in [3.05, 3.63) is 65.2 Å². The molecule has 0 saturated carbocycles. The number of hydrogen-bond acceptors (Lipinski definition) is 6. The summed E-state index contributed by atoms with van der Waals surface area (Å²) in [6, 6.07) is 12.7. The van der Waals surface area contributed by atoms with Crippen LogP contribution in [-0.4, -0.2) is 54.0 Å². The molecule has 0 N–H and O–H groups in total. The van der Waals surface area contributed by atoms with Crippen molar-refractivity contribution in [3.63, 3.8) is 0 Å². The summed E-state index contributed by atoms with van der Waals surface area (Å²) in [5, 5.41) is 0.501. The summed E-state index contributed by atoms with van der Waals surface area (Å²) in [5.41, 5.74) is 0.655. The van der Waals surface area contributed by atoms with E-state index >= 15 is 0 Å². The van der Waals surface area contributed by atoms with E-state index in [0.29, 0.717) is 17.4 Å². The molecule has 1 heterocycles. The Hall–Kier alpha value is -3.19. The van der Waals surface area contributed by atoms with E-state index in [1.54, 1.807) is 24.3 Å². The first kappa shape index (κ1) is 19.6. The summed E-state index contributed by atoms with van der Waals surface area (Å²) >= 11 is 0. The second kappa shape index (κ2) is 8.67. The Labute approximate surface area is 163 Å². The van der Waals surface area contributed by atoms with Crippen LogP contribution < -0.4 is 4.74 Å². The lowest BCUT2D eigenvalue weighted by atomic mass is 10.1. The number of amides is 2. The number of hydrogen-bond donors (Lipinski definition) is 0. The number of carbonyl (C=O) groups excluding carboxylic acids is 3. The molecular weight excluding hydrogens is 360 g/mol. The average Bonchev–Trinajstić information content (AvgIpc) is 2.97. The van der Waals surface area contributed by atoms with E-state index in [1.165, 1.54) is 24.3 Å². The van der Waals surface area contributed by atoms with Gasteiger partial charge in [0.25, 0.3) is 11.8 Å². The van der Waals surface area contributed by atoms with Crippen molar-refractivity contribution in [2.24, 2.45) is 0 Å². The monoisotopic (exact) mass is 382 g/mol. The van der Waals surface area contributed by atoms with Crippen LogP contribution in [-0.2, 0) is 4.84 Å². The molecule has 0 aromatic heterocycles. The lowest BCUT2D eigenvalue weighted by Gasteiger charge is -2.18. The minimum atomic E-state index is -0.788. The number of rotatable bonds is 8. The van der Waals surface area contributed by atoms with Crippen LogP contribution in [0, 0.1) is 0 Å². The average molecular weight is 382 g/mol. The molecule has 0 unspecified atom stereocenters. The van der Waals surface area contributed by atoms with Crippen molar-refractivity contribution < 1.29 is 24.0 Å². The molecule has 146 valence electrons. The second-order valence-corrected chi connectivity index (χ2v) is 6.23. The zero-order valence-electron chi connectivity index (χ0n) is 15.9. The Morgan fingerprint density at radius 3 is 2.04 bits per heavy atom. The molecule has 1 aliphatic heterocycles. The Balaban J connectivity index is 1.58. The molecule has 0 aliphatic carbocycles. The maximum Gasteiger partial charge on any atom is 0.363 e. The summed E-state index contributed by atoms with van der Waals surface area (Å²) in [7, 11) is 0. The molecule has 0 saturated heterocycles. The predicted molar refractivity (Wildman–Crippen MR) is 102 cm³/mol. The van der Waals surface area contributed by atoms with E-state index in [4.69, 9.17) is 9.57 Å². The lowest BCUT2D eigenvalue weighted by Crippen LogP contribution is -2.32. The van der Waals surface area contributed by atoms with Crippen LogP contribution >= 0.6 is 0 Å². The fraction of sp³-hybridized carbons (Fsp3) is 0.286. The van der Waals surface area contributed by atoms with E-state index in [0.717, 1.165) is 19.6 Å². The van der Waals surface area contributed by atoms with Gasteiger partial charge in [-0.3, -0.25) is 9.59 Å². The molecule has 0 bridgehead atoms. The van der Waals surface area contributed by atoms with Gasteiger partial charge in [0.1, 0.15) is 12.4 Å². The van der Waals surface area contributed by atoms with E-state index in [9.17, 15) is 14.4 Å². The first-order valence-corrected chi connectivity index (χ1v) is 9.20. The van der Waals surface area contributed by atoms with Crippen molar-refractivity contribution in [1.82, 2.24) is 9.96 Å². The SMILES string of the molecule is CCN(CC)CCOc1ccc(C(=O)ON2C(=O)c3ccccc3C2=O)cc1. The van der Waals surface area contributed by atoms with Gasteiger partial charge in [-0.25, -0.2) is 4.79 Å². The maximum absolute atomic E-state index is 12.3. The number of likely N-dealkylation sites (N-methyl/N-ethyl adjacent to an activating group) is 1. The fourth-order valence-corrected chi connectivity index (χ4v) is 2.91. The number of fused-ring (bicyclic) bond motifs is 1. The zero-order valence-corrected chi connectivity index (χ0v) is 15.9. The Morgan fingerprint density at radius 2 is 1.50 bits per heavy atom. The Kier molecular flexibility index (Phi) is 6.06. The highest BCUT2D eigenvalue weighted by Crippen LogP contribution is 2.23. The molecule has 1 aliphatic rings. The van der Waals surface area contributed by atoms with Crippen LogP contribution in [0.3, 0.4) is 0 Å². The van der Waals surface area contributed by atoms with Gasteiger partial charge in [-0.05, 0) is 49.5 Å². The second-order valence-electron chi connectivity index (χ2n) is 6.23. The molecule has 7 nitrogen and oxygen atoms in total. The molecule has 0 atom stereocenters. The lowest BCUT2D eigenvalue weighted by molar-refractivity contribution is -0.0584. The topological polar surface area (TPSA) is 76.2 Å². The van der Waals surface area contributed by atoms with Crippen molar-refractivity contribution in [1.29, 1.82) is 0 Å². The van der Waals surface area contributed by atoms with Crippen molar-refractivity contribution in [3.8, 4) is 5.75 Å². The van der Waals surface area contributed by atoms with Gasteiger partial charge < -0.3 is 14.5 Å². The molecule has 0 spiro atoms. The molecular formula is C21H22N2O5. The highest BCUT2D eigenvalue weighted by atomic mass is 16.7. The zero-order chi connectivity index (χ0) is 20.1. The maximum atomic E-state index is 12.3. The molecule has 28 heavy (non-hydrogen) atoms. The molecule has 0 radical (unpaired) electrons. The largest absolute Gasteiger partial charge is 0.492 e. The van der Waals surface area contributed by atoms with Gasteiger partial charge in [0.05, 0.1) is 16.7 Å². The summed E-state index contributed by atoms with van der Waals surface area (Å²) < 4.78 is 5.67. The minimum Gasteiger partial charge on any atom is -0.492 e.